The van der Waals surface area contributed by atoms with Crippen LogP contribution in [0.5, 0.6) is 0 Å². The van der Waals surface area contributed by atoms with E-state index in [1.54, 1.807) is 0 Å². The van der Waals surface area contributed by atoms with Gasteiger partial charge in [0.1, 0.15) is 6.04 Å². The number of halogens is 1. The fourth-order valence-corrected chi connectivity index (χ4v) is 3.36. The maximum Gasteiger partial charge on any atom is 0.118 e. The van der Waals surface area contributed by atoms with E-state index in [0.29, 0.717) is 6.04 Å². The van der Waals surface area contributed by atoms with Gasteiger partial charge in [-0.25, -0.2) is 0 Å². The van der Waals surface area contributed by atoms with Crippen LogP contribution in [0.3, 0.4) is 0 Å². The Bertz CT molecular complexity index is 774. The monoisotopic (exact) mass is 365 g/mol. The molecular weight excluding hydrogens is 338 g/mol. The molecule has 3 rings (SSSR count). The van der Waals surface area contributed by atoms with Gasteiger partial charge in [-0.05, 0) is 23.1 Å². The molecule has 0 heterocycles. The van der Waals surface area contributed by atoms with Crippen molar-refractivity contribution in [1.82, 2.24) is 0 Å². The van der Waals surface area contributed by atoms with E-state index in [-0.39, 0.29) is 12.4 Å². The number of nitrogens with zero attached hydrogens (tertiary/aromatic N) is 1. The zero-order chi connectivity index (χ0) is 17.7. The molecule has 0 saturated carbocycles. The molecule has 2 heteroatoms. The van der Waals surface area contributed by atoms with Crippen LogP contribution in [0.25, 0.3) is 0 Å². The van der Waals surface area contributed by atoms with Crippen molar-refractivity contribution in [1.29, 1.82) is 0 Å². The van der Waals surface area contributed by atoms with E-state index >= 15 is 0 Å². The topological polar surface area (TPSA) is 0 Å². The fourth-order valence-electron chi connectivity index (χ4n) is 3.36. The van der Waals surface area contributed by atoms with Gasteiger partial charge >= 0.3 is 0 Å². The molecular formula is C24H28ClN. The maximum absolute atomic E-state index is 2.30. The van der Waals surface area contributed by atoms with Crippen LogP contribution in [0.1, 0.15) is 28.3 Å². The molecule has 0 bridgehead atoms. The van der Waals surface area contributed by atoms with E-state index in [9.17, 15) is 0 Å². The zero-order valence-electron chi connectivity index (χ0n) is 15.9. The van der Waals surface area contributed by atoms with Crippen LogP contribution in [0.2, 0.25) is 0 Å². The summed E-state index contributed by atoms with van der Waals surface area (Å²) in [6, 6.07) is 31.1. The highest BCUT2D eigenvalue weighted by atomic mass is 35.5. The highest BCUT2D eigenvalue weighted by molar-refractivity contribution is 5.30. The second kappa shape index (κ2) is 9.02. The van der Waals surface area contributed by atoms with E-state index in [1.165, 1.54) is 22.3 Å². The fraction of sp³-hybridized carbons (Fsp3) is 0.250. The summed E-state index contributed by atoms with van der Waals surface area (Å²) in [6.45, 7) is 0. The zero-order valence-corrected chi connectivity index (χ0v) is 16.7. The lowest BCUT2D eigenvalue weighted by molar-refractivity contribution is -0.902. The number of hydrogen-bond donors (Lipinski definition) is 0. The summed E-state index contributed by atoms with van der Waals surface area (Å²) < 4.78 is 0.926. The molecule has 0 aliphatic heterocycles. The van der Waals surface area contributed by atoms with Crippen LogP contribution in [-0.4, -0.2) is 25.6 Å². The van der Waals surface area contributed by atoms with Crippen molar-refractivity contribution in [2.24, 2.45) is 0 Å². The molecule has 3 aromatic carbocycles. The normalized spacial score (nSPS) is 12.3. The van der Waals surface area contributed by atoms with Gasteiger partial charge in [0.15, 0.2) is 0 Å². The van der Waals surface area contributed by atoms with Crippen molar-refractivity contribution in [2.75, 3.05) is 21.1 Å². The van der Waals surface area contributed by atoms with Crippen LogP contribution in [0, 0.1) is 0 Å². The second-order valence-corrected chi connectivity index (χ2v) is 7.73. The number of likely N-dealkylation sites (N-methyl/N-ethyl adjacent to an activating group) is 1. The Kier molecular flexibility index (Phi) is 7.02. The maximum atomic E-state index is 2.30. The molecule has 0 saturated heterocycles. The molecule has 0 N–H and O–H groups in total. The summed E-state index contributed by atoms with van der Waals surface area (Å²) in [4.78, 5) is 0. The Labute approximate surface area is 164 Å². The molecule has 136 valence electrons. The molecule has 0 aliphatic rings. The summed E-state index contributed by atoms with van der Waals surface area (Å²) in [5.74, 6) is 0. The van der Waals surface area contributed by atoms with Crippen LogP contribution in [-0.2, 0) is 12.8 Å². The third-order valence-electron chi connectivity index (χ3n) is 4.82. The van der Waals surface area contributed by atoms with E-state index in [2.05, 4.69) is 106 Å². The average molecular weight is 366 g/mol. The van der Waals surface area contributed by atoms with Gasteiger partial charge in [0.25, 0.3) is 0 Å². The third-order valence-corrected chi connectivity index (χ3v) is 4.82. The Morgan fingerprint density at radius 2 is 1.08 bits per heavy atom. The van der Waals surface area contributed by atoms with Gasteiger partial charge in [0.2, 0.25) is 0 Å². The van der Waals surface area contributed by atoms with Crippen LogP contribution in [0.15, 0.2) is 84.9 Å². The largest absolute Gasteiger partial charge is 1.00 e. The quantitative estimate of drug-likeness (QED) is 0.588. The van der Waals surface area contributed by atoms with E-state index in [1.807, 2.05) is 0 Å². The van der Waals surface area contributed by atoms with Crippen molar-refractivity contribution >= 4 is 0 Å². The number of benzene rings is 3. The standard InChI is InChI=1S/C24H28N.ClH/c1-25(2,3)24(23-12-8-5-9-13-23)19-22-16-14-21(15-17-22)18-20-10-6-4-7-11-20;/h4-17,24H,18-19H2,1-3H3;1H/q+1;/p-1. The second-order valence-electron chi connectivity index (χ2n) is 7.73. The van der Waals surface area contributed by atoms with Gasteiger partial charge in [-0.15, -0.1) is 0 Å². The molecule has 0 aliphatic carbocycles. The van der Waals surface area contributed by atoms with Crippen molar-refractivity contribution in [3.05, 3.63) is 107 Å². The molecule has 1 atom stereocenters. The lowest BCUT2D eigenvalue weighted by atomic mass is 9.95. The van der Waals surface area contributed by atoms with Crippen LogP contribution < -0.4 is 12.4 Å². The predicted molar refractivity (Wildman–Crippen MR) is 107 cm³/mol. The number of rotatable bonds is 6. The minimum Gasteiger partial charge on any atom is -1.00 e. The Morgan fingerprint density at radius 3 is 1.62 bits per heavy atom. The van der Waals surface area contributed by atoms with Gasteiger partial charge in [-0.3, -0.25) is 0 Å². The van der Waals surface area contributed by atoms with Gasteiger partial charge in [-0.1, -0.05) is 84.9 Å². The Balaban J connectivity index is 0.00000243. The highest BCUT2D eigenvalue weighted by Crippen LogP contribution is 2.27. The lowest BCUT2D eigenvalue weighted by Crippen LogP contribution is -3.00. The molecule has 0 radical (unpaired) electrons. The summed E-state index contributed by atoms with van der Waals surface area (Å²) in [7, 11) is 6.84. The minimum absolute atomic E-state index is 0. The lowest BCUT2D eigenvalue weighted by Gasteiger charge is -2.34. The van der Waals surface area contributed by atoms with Gasteiger partial charge in [0.05, 0.1) is 21.1 Å². The first-order chi connectivity index (χ1) is 12.0. The number of quaternary nitrogens is 1. The molecule has 0 spiro atoms. The van der Waals surface area contributed by atoms with Crippen molar-refractivity contribution in [2.45, 2.75) is 18.9 Å². The SMILES string of the molecule is C[N+](C)(C)C(Cc1ccc(Cc2ccccc2)cc1)c1ccccc1.[Cl-]. The Hall–Kier alpha value is -2.09. The first kappa shape index (κ1) is 20.2. The summed E-state index contributed by atoms with van der Waals surface area (Å²) in [5, 5.41) is 0. The summed E-state index contributed by atoms with van der Waals surface area (Å²) in [5.41, 5.74) is 5.54. The van der Waals surface area contributed by atoms with Gasteiger partial charge in [0, 0.05) is 12.0 Å². The van der Waals surface area contributed by atoms with Gasteiger partial charge < -0.3 is 16.9 Å². The van der Waals surface area contributed by atoms with Crippen LogP contribution >= 0.6 is 0 Å². The molecule has 26 heavy (non-hydrogen) atoms. The van der Waals surface area contributed by atoms with Crippen molar-refractivity contribution in [3.63, 3.8) is 0 Å². The molecule has 3 aromatic rings. The van der Waals surface area contributed by atoms with Crippen LogP contribution in [0.4, 0.5) is 0 Å². The number of hydrogen-bond acceptors (Lipinski definition) is 0. The van der Waals surface area contributed by atoms with E-state index in [0.717, 1.165) is 17.3 Å². The third kappa shape index (κ3) is 5.45. The first-order valence-electron chi connectivity index (χ1n) is 9.00. The smallest absolute Gasteiger partial charge is 0.118 e. The van der Waals surface area contributed by atoms with Crippen molar-refractivity contribution < 1.29 is 16.9 Å². The summed E-state index contributed by atoms with van der Waals surface area (Å²) in [6.07, 6.45) is 2.05. The Morgan fingerprint density at radius 1 is 0.615 bits per heavy atom. The minimum atomic E-state index is 0. The van der Waals surface area contributed by atoms with E-state index < -0.39 is 0 Å². The molecule has 0 amide bonds. The molecule has 1 unspecified atom stereocenters. The predicted octanol–water partition coefficient (Wildman–Crippen LogP) is 2.27. The highest BCUT2D eigenvalue weighted by Gasteiger charge is 2.25. The molecule has 0 aromatic heterocycles. The van der Waals surface area contributed by atoms with Gasteiger partial charge in [-0.2, -0.15) is 0 Å². The van der Waals surface area contributed by atoms with Crippen molar-refractivity contribution in [3.8, 4) is 0 Å². The molecule has 1 nitrogen and oxygen atoms in total. The molecule has 0 fully saturated rings. The average Bonchev–Trinajstić information content (AvgIpc) is 2.62. The first-order valence-corrected chi connectivity index (χ1v) is 9.00. The summed E-state index contributed by atoms with van der Waals surface area (Å²) >= 11 is 0. The van der Waals surface area contributed by atoms with E-state index in [4.69, 9.17) is 0 Å².